The average Bonchev–Trinajstić information content (AvgIpc) is 2.96. The lowest BCUT2D eigenvalue weighted by Crippen LogP contribution is -2.25. The highest BCUT2D eigenvalue weighted by Crippen LogP contribution is 2.45. The first-order valence-electron chi connectivity index (χ1n) is 7.87. The van der Waals surface area contributed by atoms with Gasteiger partial charge in [-0.3, -0.25) is 4.98 Å². The first-order chi connectivity index (χ1) is 12.1. The minimum atomic E-state index is -0.719. The first-order valence-corrected chi connectivity index (χ1v) is 8.66. The molecule has 5 heteroatoms. The Morgan fingerprint density at radius 2 is 1.80 bits per heavy atom. The molecule has 0 fully saturated rings. The molecule has 1 aliphatic rings. The number of nitrogens with two attached hydrogens (primary N) is 1. The summed E-state index contributed by atoms with van der Waals surface area (Å²) in [7, 11) is 1.66. The van der Waals surface area contributed by atoms with Crippen molar-refractivity contribution in [2.45, 2.75) is 5.54 Å². The number of hydrogen-bond donors (Lipinski definition) is 1. The van der Waals surface area contributed by atoms with Gasteiger partial charge in [0, 0.05) is 16.2 Å². The Bertz CT molecular complexity index is 969. The minimum absolute atomic E-state index is 0.450. The van der Waals surface area contributed by atoms with Crippen LogP contribution in [0.3, 0.4) is 0 Å². The number of rotatable bonds is 3. The van der Waals surface area contributed by atoms with Crippen molar-refractivity contribution in [3.05, 3.63) is 93.7 Å². The van der Waals surface area contributed by atoms with Gasteiger partial charge < -0.3 is 10.5 Å². The fourth-order valence-electron chi connectivity index (χ4n) is 3.35. The van der Waals surface area contributed by atoms with E-state index in [4.69, 9.17) is 15.5 Å². The average molecular weight is 394 g/mol. The van der Waals surface area contributed by atoms with Gasteiger partial charge in [0.05, 0.1) is 7.11 Å². The molecule has 0 aliphatic carbocycles. The largest absolute Gasteiger partial charge is 0.497 e. The zero-order valence-corrected chi connectivity index (χ0v) is 15.2. The zero-order valence-electron chi connectivity index (χ0n) is 13.6. The highest BCUT2D eigenvalue weighted by molar-refractivity contribution is 9.10. The van der Waals surface area contributed by atoms with Gasteiger partial charge in [-0.2, -0.15) is 0 Å². The van der Waals surface area contributed by atoms with Crippen LogP contribution in [-0.2, 0) is 5.54 Å². The summed E-state index contributed by atoms with van der Waals surface area (Å²) >= 11 is 3.57. The predicted molar refractivity (Wildman–Crippen MR) is 102 cm³/mol. The van der Waals surface area contributed by atoms with Crippen molar-refractivity contribution in [3.63, 3.8) is 0 Å². The van der Waals surface area contributed by atoms with E-state index in [0.29, 0.717) is 5.84 Å². The van der Waals surface area contributed by atoms with Crippen molar-refractivity contribution in [1.82, 2.24) is 4.98 Å². The van der Waals surface area contributed by atoms with Crippen molar-refractivity contribution in [3.8, 4) is 5.75 Å². The zero-order chi connectivity index (χ0) is 17.4. The van der Waals surface area contributed by atoms with Crippen LogP contribution in [0.2, 0.25) is 0 Å². The van der Waals surface area contributed by atoms with Crippen LogP contribution in [0.15, 0.2) is 76.3 Å². The number of nitrogens with zero attached hydrogens (tertiary/aromatic N) is 2. The second-order valence-electron chi connectivity index (χ2n) is 5.85. The van der Waals surface area contributed by atoms with Gasteiger partial charge in [-0.15, -0.1) is 0 Å². The van der Waals surface area contributed by atoms with E-state index in [1.807, 2.05) is 48.5 Å². The SMILES string of the molecule is COc1ccc(C2(c3cccc(Br)c3)N=C(N)c3ncccc32)cc1. The van der Waals surface area contributed by atoms with Crippen LogP contribution < -0.4 is 10.5 Å². The maximum Gasteiger partial charge on any atom is 0.146 e. The van der Waals surface area contributed by atoms with Crippen LogP contribution in [0.25, 0.3) is 0 Å². The van der Waals surface area contributed by atoms with Crippen LogP contribution in [0.5, 0.6) is 5.75 Å². The number of hydrogen-bond acceptors (Lipinski definition) is 4. The lowest BCUT2D eigenvalue weighted by atomic mass is 9.78. The summed E-state index contributed by atoms with van der Waals surface area (Å²) in [4.78, 5) is 9.35. The molecule has 4 nitrogen and oxygen atoms in total. The molecule has 2 N–H and O–H groups in total. The lowest BCUT2D eigenvalue weighted by molar-refractivity contribution is 0.414. The molecule has 0 bridgehead atoms. The molecule has 124 valence electrons. The van der Waals surface area contributed by atoms with Gasteiger partial charge in [0.1, 0.15) is 22.8 Å². The molecule has 1 aromatic heterocycles. The molecule has 4 rings (SSSR count). The summed E-state index contributed by atoms with van der Waals surface area (Å²) in [5, 5.41) is 0. The monoisotopic (exact) mass is 393 g/mol. The number of pyridine rings is 1. The minimum Gasteiger partial charge on any atom is -0.497 e. The Hall–Kier alpha value is -2.66. The Balaban J connectivity index is 2.03. The second kappa shape index (κ2) is 6.01. The molecule has 0 amide bonds. The molecule has 2 heterocycles. The molecule has 1 aliphatic heterocycles. The van der Waals surface area contributed by atoms with Gasteiger partial charge in [-0.25, -0.2) is 4.99 Å². The highest BCUT2D eigenvalue weighted by atomic mass is 79.9. The summed E-state index contributed by atoms with van der Waals surface area (Å²) < 4.78 is 6.29. The summed E-state index contributed by atoms with van der Waals surface area (Å²) in [6.45, 7) is 0. The molecular weight excluding hydrogens is 378 g/mol. The third-order valence-electron chi connectivity index (χ3n) is 4.48. The van der Waals surface area contributed by atoms with Gasteiger partial charge in [-0.1, -0.05) is 46.3 Å². The van der Waals surface area contributed by atoms with E-state index in [2.05, 4.69) is 33.0 Å². The molecule has 0 saturated carbocycles. The van der Waals surface area contributed by atoms with Crippen LogP contribution in [0, 0.1) is 0 Å². The third kappa shape index (κ3) is 2.43. The van der Waals surface area contributed by atoms with Crippen LogP contribution in [0.4, 0.5) is 0 Å². The Labute approximate surface area is 154 Å². The quantitative estimate of drug-likeness (QED) is 0.734. The topological polar surface area (TPSA) is 60.5 Å². The molecule has 0 saturated heterocycles. The lowest BCUT2D eigenvalue weighted by Gasteiger charge is -2.29. The molecule has 1 atom stereocenters. The molecule has 0 radical (unpaired) electrons. The van der Waals surface area contributed by atoms with E-state index in [9.17, 15) is 0 Å². The summed E-state index contributed by atoms with van der Waals surface area (Å²) in [6, 6.07) is 20.0. The van der Waals surface area contributed by atoms with E-state index in [-0.39, 0.29) is 0 Å². The van der Waals surface area contributed by atoms with Gasteiger partial charge in [-0.05, 0) is 41.5 Å². The third-order valence-corrected chi connectivity index (χ3v) is 4.97. The molecule has 0 spiro atoms. The number of ether oxygens (including phenoxy) is 1. The number of aromatic nitrogens is 1. The predicted octanol–water partition coefficient (Wildman–Crippen LogP) is 3.86. The van der Waals surface area contributed by atoms with Crippen LogP contribution >= 0.6 is 15.9 Å². The standard InChI is InChI=1S/C20H16BrN3O/c1-25-16-9-7-13(8-10-16)20(14-4-2-5-15(21)12-14)17-6-3-11-23-18(17)19(22)24-20/h2-12H,1H3,(H2,22,24). The van der Waals surface area contributed by atoms with Gasteiger partial charge in [0.25, 0.3) is 0 Å². The normalized spacial score (nSPS) is 18.6. The van der Waals surface area contributed by atoms with Gasteiger partial charge >= 0.3 is 0 Å². The van der Waals surface area contributed by atoms with E-state index in [1.165, 1.54) is 0 Å². The number of halogens is 1. The number of benzene rings is 2. The van der Waals surface area contributed by atoms with Crippen molar-refractivity contribution >= 4 is 21.8 Å². The van der Waals surface area contributed by atoms with Crippen molar-refractivity contribution in [2.75, 3.05) is 7.11 Å². The Morgan fingerprint density at radius 3 is 2.52 bits per heavy atom. The van der Waals surface area contributed by atoms with Crippen molar-refractivity contribution < 1.29 is 4.74 Å². The van der Waals surface area contributed by atoms with E-state index >= 15 is 0 Å². The summed E-state index contributed by atoms with van der Waals surface area (Å²) in [6.07, 6.45) is 1.74. The molecule has 2 aromatic carbocycles. The Morgan fingerprint density at radius 1 is 1.00 bits per heavy atom. The molecule has 3 aromatic rings. The Kier molecular flexibility index (Phi) is 3.81. The number of amidine groups is 1. The smallest absolute Gasteiger partial charge is 0.146 e. The summed E-state index contributed by atoms with van der Waals surface area (Å²) in [5.74, 6) is 1.25. The second-order valence-corrected chi connectivity index (χ2v) is 6.76. The molecule has 1 unspecified atom stereocenters. The summed E-state index contributed by atoms with van der Waals surface area (Å²) in [5.41, 5.74) is 9.28. The fourth-order valence-corrected chi connectivity index (χ4v) is 3.75. The van der Waals surface area contributed by atoms with E-state index in [1.54, 1.807) is 13.3 Å². The van der Waals surface area contributed by atoms with E-state index in [0.717, 1.165) is 32.6 Å². The van der Waals surface area contributed by atoms with Crippen LogP contribution in [-0.4, -0.2) is 17.9 Å². The molecular formula is C20H16BrN3O. The van der Waals surface area contributed by atoms with Gasteiger partial charge in [0.2, 0.25) is 0 Å². The maximum atomic E-state index is 6.24. The fraction of sp³-hybridized carbons (Fsp3) is 0.100. The highest BCUT2D eigenvalue weighted by Gasteiger charge is 2.43. The van der Waals surface area contributed by atoms with Gasteiger partial charge in [0.15, 0.2) is 0 Å². The van der Waals surface area contributed by atoms with E-state index < -0.39 is 5.54 Å². The first kappa shape index (κ1) is 15.8. The number of fused-ring (bicyclic) bond motifs is 1. The maximum absolute atomic E-state index is 6.24. The van der Waals surface area contributed by atoms with Crippen molar-refractivity contribution in [1.29, 1.82) is 0 Å². The van der Waals surface area contributed by atoms with Crippen LogP contribution in [0.1, 0.15) is 22.4 Å². The number of aliphatic imine (C=N–C) groups is 1. The number of methoxy groups -OCH3 is 1. The van der Waals surface area contributed by atoms with Crippen molar-refractivity contribution in [2.24, 2.45) is 10.7 Å². The molecule has 25 heavy (non-hydrogen) atoms.